The van der Waals surface area contributed by atoms with Crippen molar-refractivity contribution >= 4 is 11.9 Å². The van der Waals surface area contributed by atoms with E-state index in [9.17, 15) is 9.59 Å². The first kappa shape index (κ1) is 22.3. The zero-order valence-corrected chi connectivity index (χ0v) is 19.2. The van der Waals surface area contributed by atoms with Gasteiger partial charge in [0.25, 0.3) is 0 Å². The molecule has 1 saturated heterocycles. The lowest BCUT2D eigenvalue weighted by Crippen LogP contribution is -2.67. The molecule has 0 bridgehead atoms. The molecule has 2 unspecified atom stereocenters. The molecular weight excluding hydrogens is 368 g/mol. The third-order valence-electron chi connectivity index (χ3n) is 8.50. The van der Waals surface area contributed by atoms with Gasteiger partial charge in [-0.05, 0) is 63.2 Å². The van der Waals surface area contributed by atoms with Crippen LogP contribution in [0.15, 0.2) is 12.7 Å². The van der Waals surface area contributed by atoms with Crippen LogP contribution in [0.25, 0.3) is 0 Å². The van der Waals surface area contributed by atoms with E-state index in [1.165, 1.54) is 13.8 Å². The molecule has 1 heterocycles. The van der Waals surface area contributed by atoms with Crippen molar-refractivity contribution in [1.29, 1.82) is 0 Å². The van der Waals surface area contributed by atoms with Gasteiger partial charge in [-0.15, -0.1) is 6.58 Å². The zero-order valence-electron chi connectivity index (χ0n) is 19.2. The zero-order chi connectivity index (χ0) is 21.8. The Labute approximate surface area is 175 Å². The van der Waals surface area contributed by atoms with Crippen molar-refractivity contribution < 1.29 is 23.8 Å². The van der Waals surface area contributed by atoms with Crippen LogP contribution in [-0.2, 0) is 23.8 Å². The molecule has 2 aliphatic carbocycles. The molecule has 0 N–H and O–H groups in total. The van der Waals surface area contributed by atoms with Gasteiger partial charge in [-0.2, -0.15) is 0 Å². The van der Waals surface area contributed by atoms with E-state index >= 15 is 0 Å². The van der Waals surface area contributed by atoms with Gasteiger partial charge in [-0.3, -0.25) is 9.59 Å². The van der Waals surface area contributed by atoms with Gasteiger partial charge < -0.3 is 14.2 Å². The minimum absolute atomic E-state index is 0.0219. The van der Waals surface area contributed by atoms with E-state index in [4.69, 9.17) is 14.2 Å². The standard InChI is InChI=1S/C24H38O5/c1-9-23(7)20(28-16(3)26)14-18-22(6)12-11-19(27-15(2)25)21(4,5)17(22)10-13-24(18,8)29-23/h9,17-20H,1,10-14H2,2-8H3/t17?,18?,19-,20-,22-,23+,24+/m1/s1. The van der Waals surface area contributed by atoms with Crippen LogP contribution >= 0.6 is 0 Å². The van der Waals surface area contributed by atoms with Crippen molar-refractivity contribution in [3.8, 4) is 0 Å². The highest BCUT2D eigenvalue weighted by atomic mass is 16.6. The Morgan fingerprint density at radius 3 is 2.07 bits per heavy atom. The van der Waals surface area contributed by atoms with Crippen LogP contribution < -0.4 is 0 Å². The first-order chi connectivity index (χ1) is 13.3. The number of rotatable bonds is 3. The van der Waals surface area contributed by atoms with Crippen LogP contribution in [0.1, 0.15) is 80.6 Å². The molecule has 1 aliphatic heterocycles. The van der Waals surface area contributed by atoms with Gasteiger partial charge in [-0.25, -0.2) is 0 Å². The SMILES string of the molecule is C=C[C@]1(C)O[C@@]2(C)CCC3C(C)(C)[C@H](OC(C)=O)CC[C@@]3(C)C2C[C@H]1OC(C)=O. The first-order valence-electron chi connectivity index (χ1n) is 11.0. The van der Waals surface area contributed by atoms with Crippen molar-refractivity contribution in [2.45, 2.75) is 104 Å². The molecule has 5 nitrogen and oxygen atoms in total. The number of ether oxygens (including phenoxy) is 3. The van der Waals surface area contributed by atoms with Crippen molar-refractivity contribution in [3.05, 3.63) is 12.7 Å². The molecule has 2 saturated carbocycles. The van der Waals surface area contributed by atoms with Crippen LogP contribution in [-0.4, -0.2) is 35.3 Å². The van der Waals surface area contributed by atoms with E-state index in [0.29, 0.717) is 5.92 Å². The predicted octanol–water partition coefficient (Wildman–Crippen LogP) is 4.83. The monoisotopic (exact) mass is 406 g/mol. The fourth-order valence-corrected chi connectivity index (χ4v) is 7.09. The summed E-state index contributed by atoms with van der Waals surface area (Å²) in [7, 11) is 0. The Bertz CT molecular complexity index is 699. The lowest BCUT2D eigenvalue weighted by Gasteiger charge is -2.66. The molecule has 0 aromatic carbocycles. The van der Waals surface area contributed by atoms with E-state index < -0.39 is 5.60 Å². The van der Waals surface area contributed by atoms with Gasteiger partial charge >= 0.3 is 11.9 Å². The highest BCUT2D eigenvalue weighted by Crippen LogP contribution is 2.66. The second-order valence-corrected chi connectivity index (χ2v) is 10.7. The van der Waals surface area contributed by atoms with Crippen molar-refractivity contribution in [2.75, 3.05) is 0 Å². The number of fused-ring (bicyclic) bond motifs is 3. The highest BCUT2D eigenvalue weighted by Gasteiger charge is 2.65. The second-order valence-electron chi connectivity index (χ2n) is 10.7. The Hall–Kier alpha value is -1.36. The molecule has 5 heteroatoms. The smallest absolute Gasteiger partial charge is 0.303 e. The van der Waals surface area contributed by atoms with Crippen LogP contribution in [0.5, 0.6) is 0 Å². The summed E-state index contributed by atoms with van der Waals surface area (Å²) >= 11 is 0. The Kier molecular flexibility index (Phi) is 5.47. The van der Waals surface area contributed by atoms with E-state index in [1.54, 1.807) is 6.08 Å². The third-order valence-corrected chi connectivity index (χ3v) is 8.50. The largest absolute Gasteiger partial charge is 0.462 e. The van der Waals surface area contributed by atoms with Crippen LogP contribution in [0.4, 0.5) is 0 Å². The minimum atomic E-state index is -0.690. The van der Waals surface area contributed by atoms with E-state index in [2.05, 4.69) is 34.3 Å². The predicted molar refractivity (Wildman–Crippen MR) is 111 cm³/mol. The van der Waals surface area contributed by atoms with Gasteiger partial charge in [0.1, 0.15) is 17.8 Å². The average molecular weight is 407 g/mol. The number of hydrogen-bond acceptors (Lipinski definition) is 5. The molecule has 0 aromatic rings. The molecule has 164 valence electrons. The Balaban J connectivity index is 1.96. The summed E-state index contributed by atoms with van der Waals surface area (Å²) < 4.78 is 18.2. The number of hydrogen-bond donors (Lipinski definition) is 0. The Morgan fingerprint density at radius 2 is 1.52 bits per heavy atom. The van der Waals surface area contributed by atoms with Crippen molar-refractivity contribution in [2.24, 2.45) is 22.7 Å². The average Bonchev–Trinajstić information content (AvgIpc) is 2.58. The molecule has 29 heavy (non-hydrogen) atoms. The maximum atomic E-state index is 11.8. The lowest BCUT2D eigenvalue weighted by molar-refractivity contribution is -0.291. The lowest BCUT2D eigenvalue weighted by atomic mass is 9.43. The molecule has 0 amide bonds. The van der Waals surface area contributed by atoms with Crippen molar-refractivity contribution in [1.82, 2.24) is 0 Å². The molecule has 3 aliphatic rings. The summed E-state index contributed by atoms with van der Waals surface area (Å²) in [5.41, 5.74) is -1.08. The van der Waals surface area contributed by atoms with Crippen molar-refractivity contribution in [3.63, 3.8) is 0 Å². The summed E-state index contributed by atoms with van der Waals surface area (Å²) in [6.45, 7) is 18.0. The van der Waals surface area contributed by atoms with Gasteiger partial charge in [0.15, 0.2) is 0 Å². The molecule has 0 aromatic heterocycles. The minimum Gasteiger partial charge on any atom is -0.462 e. The molecule has 0 radical (unpaired) electrons. The van der Waals surface area contributed by atoms with Gasteiger partial charge in [-0.1, -0.05) is 26.8 Å². The molecule has 3 fully saturated rings. The first-order valence-corrected chi connectivity index (χ1v) is 11.0. The van der Waals surface area contributed by atoms with Crippen LogP contribution in [0, 0.1) is 22.7 Å². The maximum absolute atomic E-state index is 11.8. The number of carbonyl (C=O) groups excluding carboxylic acids is 2. The fourth-order valence-electron chi connectivity index (χ4n) is 7.09. The third kappa shape index (κ3) is 3.54. The van der Waals surface area contributed by atoms with Crippen LogP contribution in [0.2, 0.25) is 0 Å². The van der Waals surface area contributed by atoms with E-state index in [0.717, 1.165) is 32.1 Å². The topological polar surface area (TPSA) is 61.8 Å². The quantitative estimate of drug-likeness (QED) is 0.496. The Morgan fingerprint density at radius 1 is 0.931 bits per heavy atom. The van der Waals surface area contributed by atoms with Gasteiger partial charge in [0.05, 0.1) is 5.60 Å². The summed E-state index contributed by atoms with van der Waals surface area (Å²) in [6, 6.07) is 0. The normalized spacial score (nSPS) is 46.0. The van der Waals surface area contributed by atoms with Crippen LogP contribution in [0.3, 0.4) is 0 Å². The number of carbonyl (C=O) groups is 2. The second kappa shape index (κ2) is 7.11. The molecule has 0 spiro atoms. The molecular formula is C24H38O5. The van der Waals surface area contributed by atoms with E-state index in [-0.39, 0.29) is 46.5 Å². The van der Waals surface area contributed by atoms with Gasteiger partial charge in [0.2, 0.25) is 0 Å². The summed E-state index contributed by atoms with van der Waals surface area (Å²) in [5.74, 6) is 0.168. The summed E-state index contributed by atoms with van der Waals surface area (Å²) in [5, 5.41) is 0. The summed E-state index contributed by atoms with van der Waals surface area (Å²) in [4.78, 5) is 23.5. The number of esters is 2. The van der Waals surface area contributed by atoms with E-state index in [1.807, 2.05) is 6.92 Å². The molecule has 3 rings (SSSR count). The summed E-state index contributed by atoms with van der Waals surface area (Å²) in [6.07, 6.45) is 5.93. The van der Waals surface area contributed by atoms with Gasteiger partial charge in [0, 0.05) is 19.3 Å². The highest BCUT2D eigenvalue weighted by molar-refractivity contribution is 5.66. The fraction of sp³-hybridized carbons (Fsp3) is 0.833. The maximum Gasteiger partial charge on any atom is 0.303 e. The molecule has 7 atom stereocenters.